The number of rotatable bonds is 9. The predicted molar refractivity (Wildman–Crippen MR) is 207 cm³/mol. The van der Waals surface area contributed by atoms with Gasteiger partial charge in [-0.1, -0.05) is 77.9 Å². The second kappa shape index (κ2) is 16.7. The lowest BCUT2D eigenvalue weighted by Crippen LogP contribution is -2.47. The minimum atomic E-state index is -5.30. The molecule has 4 aromatic rings. The van der Waals surface area contributed by atoms with Crippen LogP contribution >= 0.6 is 15.8 Å². The van der Waals surface area contributed by atoms with Crippen LogP contribution in [0.2, 0.25) is 0 Å². The summed E-state index contributed by atoms with van der Waals surface area (Å²) >= 11 is 0. The Balaban J connectivity index is 1.66. The van der Waals surface area contributed by atoms with Crippen LogP contribution in [-0.4, -0.2) is 17.5 Å². The van der Waals surface area contributed by atoms with Crippen LogP contribution in [0.1, 0.15) is 89.5 Å². The third-order valence-electron chi connectivity index (χ3n) is 11.0. The lowest BCUT2D eigenvalue weighted by atomic mass is 10.1. The number of alkyl halides is 12. The van der Waals surface area contributed by atoms with Gasteiger partial charge in [0.05, 0.1) is 22.3 Å². The molecule has 2 saturated carbocycles. The smallest absolute Gasteiger partial charge is 0.306 e. The van der Waals surface area contributed by atoms with Gasteiger partial charge in [0, 0.05) is 11.8 Å². The van der Waals surface area contributed by atoms with Crippen LogP contribution in [0.25, 0.3) is 0 Å². The monoisotopic (exact) mass is 863 g/mol. The zero-order valence-electron chi connectivity index (χ0n) is 32.1. The van der Waals surface area contributed by atoms with Crippen molar-refractivity contribution in [2.24, 2.45) is 5.92 Å². The molecule has 0 heterocycles. The molecule has 0 aromatic heterocycles. The second-order valence-electron chi connectivity index (χ2n) is 15.7. The quantitative estimate of drug-likeness (QED) is 0.131. The highest BCUT2D eigenvalue weighted by Gasteiger charge is 2.47. The molecule has 0 aliphatic heterocycles. The molecule has 1 N–H and O–H groups in total. The van der Waals surface area contributed by atoms with Gasteiger partial charge in [0.15, 0.2) is 0 Å². The van der Waals surface area contributed by atoms with Gasteiger partial charge >= 0.3 is 24.7 Å². The van der Waals surface area contributed by atoms with Gasteiger partial charge in [-0.2, -0.15) is 52.7 Å². The summed E-state index contributed by atoms with van der Waals surface area (Å²) in [5, 5.41) is 4.64. The van der Waals surface area contributed by atoms with Gasteiger partial charge in [0.2, 0.25) is 0 Å². The first kappa shape index (κ1) is 44.4. The van der Waals surface area contributed by atoms with Crippen LogP contribution < -0.4 is 26.5 Å². The molecular weight excluding hydrogens is 820 g/mol. The third-order valence-corrected chi connectivity index (χ3v) is 16.6. The van der Waals surface area contributed by atoms with Gasteiger partial charge < -0.3 is 5.32 Å². The fraction of sp³-hybridized carbons (Fsp3) is 0.442. The van der Waals surface area contributed by atoms with Crippen molar-refractivity contribution < 1.29 is 52.7 Å². The van der Waals surface area contributed by atoms with E-state index >= 15 is 0 Å². The van der Waals surface area contributed by atoms with Gasteiger partial charge in [-0.15, -0.1) is 0 Å². The topological polar surface area (TPSA) is 12.0 Å². The van der Waals surface area contributed by atoms with Crippen molar-refractivity contribution in [3.63, 3.8) is 0 Å². The van der Waals surface area contributed by atoms with Crippen LogP contribution in [0.15, 0.2) is 72.8 Å². The highest BCUT2D eigenvalue weighted by atomic mass is 31.1. The van der Waals surface area contributed by atoms with E-state index in [1.54, 1.807) is 0 Å². The van der Waals surface area contributed by atoms with E-state index in [1.807, 2.05) is 39.8 Å². The van der Waals surface area contributed by atoms with Crippen LogP contribution in [0, 0.1) is 33.6 Å². The number of hydrogen-bond acceptors (Lipinski definition) is 1. The van der Waals surface area contributed by atoms with Crippen molar-refractivity contribution in [2.75, 3.05) is 0 Å². The molecule has 3 atom stereocenters. The molecule has 2 aliphatic carbocycles. The fourth-order valence-electron chi connectivity index (χ4n) is 8.72. The predicted octanol–water partition coefficient (Wildman–Crippen LogP) is 12.6. The van der Waals surface area contributed by atoms with E-state index in [4.69, 9.17) is 0 Å². The Morgan fingerprint density at radius 1 is 0.448 bits per heavy atom. The number of halogens is 12. The fourth-order valence-corrected chi connectivity index (χ4v) is 15.6. The second-order valence-corrected chi connectivity index (χ2v) is 20.5. The zero-order chi connectivity index (χ0) is 42.5. The van der Waals surface area contributed by atoms with Crippen molar-refractivity contribution in [1.82, 2.24) is 5.32 Å². The molecule has 1 nitrogen and oxygen atoms in total. The molecule has 314 valence electrons. The Morgan fingerprint density at radius 3 is 1.16 bits per heavy atom. The molecule has 0 bridgehead atoms. The Labute approximate surface area is 332 Å². The minimum absolute atomic E-state index is 0.00457. The summed E-state index contributed by atoms with van der Waals surface area (Å²) < 4.78 is 173. The molecule has 2 aliphatic rings. The van der Waals surface area contributed by atoms with E-state index in [2.05, 4.69) is 29.6 Å². The Hall–Kier alpha value is -3.14. The standard InChI is InChI=1S/C43H43F12NP2/c1-24-12-25(2)15-33(14-24)58(34-16-26(3)13-27(4)17-34)39(56-32-8-5-6-9-32)37-10-7-11-38(37)57(35-20-28(40(44,45)46)18-29(21-35)41(47,48)49)36-22-30(42(50,51)52)19-31(23-36)43(53,54)55/h12-23,32,37-39,56H,5-11H2,1-4H3/t37?,38?,39-/m0/s1. The lowest BCUT2D eigenvalue weighted by molar-refractivity contribution is -0.144. The average molecular weight is 864 g/mol. The van der Waals surface area contributed by atoms with Gasteiger partial charge in [0.25, 0.3) is 0 Å². The molecule has 0 spiro atoms. The first-order chi connectivity index (χ1) is 26.9. The molecule has 0 saturated heterocycles. The average Bonchev–Trinajstić information content (AvgIpc) is 3.78. The molecule has 2 unspecified atom stereocenters. The van der Waals surface area contributed by atoms with E-state index in [-0.39, 0.29) is 24.6 Å². The normalized spacial score (nSPS) is 19.1. The van der Waals surface area contributed by atoms with Crippen LogP contribution in [0.4, 0.5) is 52.7 Å². The van der Waals surface area contributed by atoms with Gasteiger partial charge in [0.1, 0.15) is 0 Å². The summed E-state index contributed by atoms with van der Waals surface area (Å²) in [5.74, 6) is -1.05. The summed E-state index contributed by atoms with van der Waals surface area (Å²) in [6.07, 6.45) is -16.8. The maximum Gasteiger partial charge on any atom is 0.416 e. The van der Waals surface area contributed by atoms with Crippen LogP contribution in [0.3, 0.4) is 0 Å². The van der Waals surface area contributed by atoms with E-state index in [0.29, 0.717) is 37.1 Å². The van der Waals surface area contributed by atoms with Gasteiger partial charge in [-0.3, -0.25) is 0 Å². The summed E-state index contributed by atoms with van der Waals surface area (Å²) in [6.45, 7) is 7.78. The Bertz CT molecular complexity index is 1870. The molecule has 4 aromatic carbocycles. The third kappa shape index (κ3) is 10.2. The minimum Gasteiger partial charge on any atom is -0.306 e. The molecule has 0 radical (unpaired) electrons. The lowest BCUT2D eigenvalue weighted by Gasteiger charge is -2.41. The molecule has 2 fully saturated rings. The largest absolute Gasteiger partial charge is 0.416 e. The first-order valence-corrected chi connectivity index (χ1v) is 21.8. The Kier molecular flexibility index (Phi) is 12.8. The van der Waals surface area contributed by atoms with Crippen molar-refractivity contribution in [2.45, 2.75) is 115 Å². The summed E-state index contributed by atoms with van der Waals surface area (Å²) in [5.41, 5.74) is -3.79. The Morgan fingerprint density at radius 2 is 0.810 bits per heavy atom. The maximum absolute atomic E-state index is 14.4. The summed E-state index contributed by atoms with van der Waals surface area (Å²) in [7, 11) is -4.13. The van der Waals surface area contributed by atoms with Gasteiger partial charge in [-0.05, 0) is 138 Å². The first-order valence-electron chi connectivity index (χ1n) is 19.0. The van der Waals surface area contributed by atoms with Crippen molar-refractivity contribution >= 4 is 37.1 Å². The number of nitrogens with one attached hydrogen (secondary N) is 1. The molecular formula is C43H43F12NP2. The molecule has 58 heavy (non-hydrogen) atoms. The van der Waals surface area contributed by atoms with Gasteiger partial charge in [-0.25, -0.2) is 0 Å². The van der Waals surface area contributed by atoms with Crippen molar-refractivity contribution in [3.8, 4) is 0 Å². The molecule has 15 heteroatoms. The van der Waals surface area contributed by atoms with Crippen LogP contribution in [0.5, 0.6) is 0 Å². The van der Waals surface area contributed by atoms with E-state index in [0.717, 1.165) is 58.5 Å². The summed E-state index contributed by atoms with van der Waals surface area (Å²) in [6, 6.07) is 14.0. The molecule has 0 amide bonds. The summed E-state index contributed by atoms with van der Waals surface area (Å²) in [4.78, 5) is 0. The number of aryl methyl sites for hydroxylation is 4. The zero-order valence-corrected chi connectivity index (χ0v) is 33.9. The van der Waals surface area contributed by atoms with Crippen LogP contribution in [-0.2, 0) is 24.7 Å². The van der Waals surface area contributed by atoms with E-state index < -0.39 is 90.8 Å². The maximum atomic E-state index is 14.4. The van der Waals surface area contributed by atoms with E-state index in [9.17, 15) is 52.7 Å². The SMILES string of the molecule is Cc1cc(C)cc(P(c2cc(C)cc(C)c2)[C@H](NC2CCCC2)C2CCCC2P(c2cc(C(F)(F)F)cc(C(F)(F)F)c2)c2cc(C(F)(F)F)cc(C(F)(F)F)c2)c1. The number of benzene rings is 4. The highest BCUT2D eigenvalue weighted by Crippen LogP contribution is 2.57. The van der Waals surface area contributed by atoms with E-state index in [1.165, 1.54) is 0 Å². The number of hydrogen-bond donors (Lipinski definition) is 1. The molecule has 6 rings (SSSR count). The van der Waals surface area contributed by atoms with Crippen molar-refractivity contribution in [3.05, 3.63) is 117 Å². The van der Waals surface area contributed by atoms with Crippen molar-refractivity contribution in [1.29, 1.82) is 0 Å². The highest BCUT2D eigenvalue weighted by molar-refractivity contribution is 7.74.